The van der Waals surface area contributed by atoms with Crippen LogP contribution in [0.4, 0.5) is 0 Å². The first-order chi connectivity index (χ1) is 8.13. The van der Waals surface area contributed by atoms with Crippen LogP contribution in [0, 0.1) is 0 Å². The number of nitrogens with zero attached hydrogens (tertiary/aromatic N) is 2. The second-order valence-electron chi connectivity index (χ2n) is 4.03. The first kappa shape index (κ1) is 11.6. The van der Waals surface area contributed by atoms with E-state index in [0.717, 1.165) is 0 Å². The van der Waals surface area contributed by atoms with E-state index in [-0.39, 0.29) is 11.6 Å². The summed E-state index contributed by atoms with van der Waals surface area (Å²) in [6.07, 6.45) is 1.52. The van der Waals surface area contributed by atoms with Gasteiger partial charge in [-0.3, -0.25) is 9.36 Å². The topological polar surface area (TPSA) is 70.1 Å². The number of nitrogens with two attached hydrogens (primary N) is 1. The zero-order chi connectivity index (χ0) is 12.4. The van der Waals surface area contributed by atoms with Crippen molar-refractivity contribution in [1.29, 1.82) is 0 Å². The molecule has 90 valence electrons. The summed E-state index contributed by atoms with van der Waals surface area (Å²) < 4.78 is 6.69. The van der Waals surface area contributed by atoms with Crippen molar-refractivity contribution in [3.05, 3.63) is 34.9 Å². The van der Waals surface area contributed by atoms with Gasteiger partial charge in [-0.1, -0.05) is 6.07 Å². The Morgan fingerprint density at radius 1 is 1.53 bits per heavy atom. The molecule has 0 radical (unpaired) electrons. The Morgan fingerprint density at radius 3 is 2.94 bits per heavy atom. The second kappa shape index (κ2) is 4.55. The average molecular weight is 233 g/mol. The summed E-state index contributed by atoms with van der Waals surface area (Å²) in [5.74, 6) is 0.541. The molecule has 5 nitrogen and oxygen atoms in total. The highest BCUT2D eigenvalue weighted by molar-refractivity contribution is 5.83. The number of methoxy groups -OCH3 is 1. The van der Waals surface area contributed by atoms with Crippen LogP contribution in [0.5, 0.6) is 5.75 Å². The molecule has 0 bridgehead atoms. The average Bonchev–Trinajstić information content (AvgIpc) is 2.31. The molecule has 0 fully saturated rings. The summed E-state index contributed by atoms with van der Waals surface area (Å²) in [5.41, 5.74) is 6.20. The Kier molecular flexibility index (Phi) is 3.10. The van der Waals surface area contributed by atoms with Crippen LogP contribution in [0.25, 0.3) is 10.9 Å². The summed E-state index contributed by atoms with van der Waals surface area (Å²) in [4.78, 5) is 16.5. The molecule has 1 aromatic heterocycles. The van der Waals surface area contributed by atoms with E-state index in [1.807, 2.05) is 13.0 Å². The molecule has 5 heteroatoms. The highest BCUT2D eigenvalue weighted by atomic mass is 16.5. The fourth-order valence-corrected chi connectivity index (χ4v) is 1.78. The van der Waals surface area contributed by atoms with Crippen molar-refractivity contribution in [3.63, 3.8) is 0 Å². The Balaban J connectivity index is 2.69. The van der Waals surface area contributed by atoms with Gasteiger partial charge < -0.3 is 10.5 Å². The van der Waals surface area contributed by atoms with Gasteiger partial charge in [0.05, 0.1) is 19.0 Å². The molecule has 0 spiro atoms. The SMILES string of the molecule is COc1cccc2ncn(CC(C)N)c(=O)c12. The predicted molar refractivity (Wildman–Crippen MR) is 66.2 cm³/mol. The second-order valence-corrected chi connectivity index (χ2v) is 4.03. The van der Waals surface area contributed by atoms with E-state index in [1.54, 1.807) is 12.1 Å². The van der Waals surface area contributed by atoms with Crippen LogP contribution in [0.3, 0.4) is 0 Å². The molecule has 0 saturated heterocycles. The van der Waals surface area contributed by atoms with Gasteiger partial charge in [-0.15, -0.1) is 0 Å². The minimum Gasteiger partial charge on any atom is -0.496 e. The lowest BCUT2D eigenvalue weighted by atomic mass is 10.2. The summed E-state index contributed by atoms with van der Waals surface area (Å²) in [7, 11) is 1.54. The quantitative estimate of drug-likeness (QED) is 0.849. The zero-order valence-corrected chi connectivity index (χ0v) is 9.88. The maximum Gasteiger partial charge on any atom is 0.265 e. The van der Waals surface area contributed by atoms with Crippen LogP contribution in [-0.4, -0.2) is 22.7 Å². The highest BCUT2D eigenvalue weighted by Gasteiger charge is 2.09. The van der Waals surface area contributed by atoms with Crippen molar-refractivity contribution in [2.75, 3.05) is 7.11 Å². The van der Waals surface area contributed by atoms with Gasteiger partial charge in [0.2, 0.25) is 0 Å². The molecule has 1 atom stereocenters. The predicted octanol–water partition coefficient (Wildman–Crippen LogP) is 0.752. The third-order valence-electron chi connectivity index (χ3n) is 2.52. The van der Waals surface area contributed by atoms with E-state index in [2.05, 4.69) is 4.98 Å². The van der Waals surface area contributed by atoms with Crippen LogP contribution in [-0.2, 0) is 6.54 Å². The minimum atomic E-state index is -0.121. The van der Waals surface area contributed by atoms with Gasteiger partial charge in [0.25, 0.3) is 5.56 Å². The van der Waals surface area contributed by atoms with Gasteiger partial charge in [0, 0.05) is 12.6 Å². The van der Waals surface area contributed by atoms with E-state index < -0.39 is 0 Å². The zero-order valence-electron chi connectivity index (χ0n) is 9.88. The number of benzene rings is 1. The molecule has 0 amide bonds. The minimum absolute atomic E-state index is 0.0957. The maximum absolute atomic E-state index is 12.2. The van der Waals surface area contributed by atoms with E-state index in [0.29, 0.717) is 23.2 Å². The molecule has 1 heterocycles. The van der Waals surface area contributed by atoms with E-state index in [1.165, 1.54) is 18.0 Å². The lowest BCUT2D eigenvalue weighted by Crippen LogP contribution is -2.30. The number of rotatable bonds is 3. The van der Waals surface area contributed by atoms with Crippen LogP contribution in [0.15, 0.2) is 29.3 Å². The maximum atomic E-state index is 12.2. The Labute approximate surface area is 98.8 Å². The normalized spacial score (nSPS) is 12.6. The molecule has 2 aromatic rings. The molecule has 0 aliphatic heterocycles. The van der Waals surface area contributed by atoms with E-state index in [4.69, 9.17) is 10.5 Å². The third kappa shape index (κ3) is 2.14. The van der Waals surface area contributed by atoms with Crippen LogP contribution in [0.2, 0.25) is 0 Å². The van der Waals surface area contributed by atoms with Crippen molar-refractivity contribution in [2.45, 2.75) is 19.5 Å². The van der Waals surface area contributed by atoms with Crippen LogP contribution < -0.4 is 16.0 Å². The number of aromatic nitrogens is 2. The van der Waals surface area contributed by atoms with Gasteiger partial charge in [-0.25, -0.2) is 4.98 Å². The third-order valence-corrected chi connectivity index (χ3v) is 2.52. The molecular weight excluding hydrogens is 218 g/mol. The van der Waals surface area contributed by atoms with Gasteiger partial charge in [0.1, 0.15) is 11.1 Å². The van der Waals surface area contributed by atoms with E-state index >= 15 is 0 Å². The summed E-state index contributed by atoms with van der Waals surface area (Å²) in [5, 5.41) is 0.498. The molecule has 2 rings (SSSR count). The summed E-state index contributed by atoms with van der Waals surface area (Å²) >= 11 is 0. The molecule has 17 heavy (non-hydrogen) atoms. The molecule has 2 N–H and O–H groups in total. The van der Waals surface area contributed by atoms with Crippen LogP contribution in [0.1, 0.15) is 6.92 Å². The lowest BCUT2D eigenvalue weighted by Gasteiger charge is -2.10. The fourth-order valence-electron chi connectivity index (χ4n) is 1.78. The smallest absolute Gasteiger partial charge is 0.265 e. The lowest BCUT2D eigenvalue weighted by molar-refractivity contribution is 0.419. The number of ether oxygens (including phenoxy) is 1. The van der Waals surface area contributed by atoms with Crippen molar-refractivity contribution in [3.8, 4) is 5.75 Å². The Morgan fingerprint density at radius 2 is 2.29 bits per heavy atom. The number of hydrogen-bond acceptors (Lipinski definition) is 4. The van der Waals surface area contributed by atoms with Crippen molar-refractivity contribution < 1.29 is 4.74 Å². The number of fused-ring (bicyclic) bond motifs is 1. The van der Waals surface area contributed by atoms with Gasteiger partial charge in [-0.05, 0) is 19.1 Å². The van der Waals surface area contributed by atoms with Gasteiger partial charge in [0.15, 0.2) is 0 Å². The highest BCUT2D eigenvalue weighted by Crippen LogP contribution is 2.19. The van der Waals surface area contributed by atoms with Crippen molar-refractivity contribution in [1.82, 2.24) is 9.55 Å². The molecule has 1 aromatic carbocycles. The van der Waals surface area contributed by atoms with E-state index in [9.17, 15) is 4.79 Å². The summed E-state index contributed by atoms with van der Waals surface area (Å²) in [6, 6.07) is 5.25. The summed E-state index contributed by atoms with van der Waals surface area (Å²) in [6.45, 7) is 2.29. The number of hydrogen-bond donors (Lipinski definition) is 1. The molecule has 0 aliphatic rings. The van der Waals surface area contributed by atoms with Crippen molar-refractivity contribution >= 4 is 10.9 Å². The first-order valence-corrected chi connectivity index (χ1v) is 5.41. The molecule has 0 saturated carbocycles. The first-order valence-electron chi connectivity index (χ1n) is 5.41. The molecule has 0 aliphatic carbocycles. The molecule has 1 unspecified atom stereocenters. The molecular formula is C12H15N3O2. The monoisotopic (exact) mass is 233 g/mol. The Bertz CT molecular complexity index is 590. The fraction of sp³-hybridized carbons (Fsp3) is 0.333. The van der Waals surface area contributed by atoms with Gasteiger partial charge in [-0.2, -0.15) is 0 Å². The van der Waals surface area contributed by atoms with Crippen LogP contribution >= 0.6 is 0 Å². The van der Waals surface area contributed by atoms with Crippen molar-refractivity contribution in [2.24, 2.45) is 5.73 Å². The van der Waals surface area contributed by atoms with Gasteiger partial charge >= 0.3 is 0 Å². The Hall–Kier alpha value is -1.88. The standard InChI is InChI=1S/C12H15N3O2/c1-8(13)6-15-7-14-9-4-3-5-10(17-2)11(9)12(15)16/h3-5,7-8H,6,13H2,1-2H3. The largest absolute Gasteiger partial charge is 0.496 e.